The van der Waals surface area contributed by atoms with E-state index in [1.54, 1.807) is 19.4 Å². The molecule has 2 aliphatic rings. The predicted molar refractivity (Wildman–Crippen MR) is 116 cm³/mol. The lowest BCUT2D eigenvalue weighted by Gasteiger charge is -2.13. The first-order chi connectivity index (χ1) is 14.7. The van der Waals surface area contributed by atoms with Crippen molar-refractivity contribution in [1.82, 2.24) is 20.3 Å². The van der Waals surface area contributed by atoms with E-state index in [-0.39, 0.29) is 6.10 Å². The third kappa shape index (κ3) is 4.71. The van der Waals surface area contributed by atoms with Crippen LogP contribution >= 0.6 is 0 Å². The van der Waals surface area contributed by atoms with Crippen LogP contribution in [0.15, 0.2) is 30.6 Å². The molecular formula is C22H27N5O3. The summed E-state index contributed by atoms with van der Waals surface area (Å²) in [7, 11) is 3.60. The number of amides is 1. The first-order valence-electron chi connectivity index (χ1n) is 10.3. The molecule has 8 nitrogen and oxygen atoms in total. The smallest absolute Gasteiger partial charge is 0.224 e. The molecule has 0 radical (unpaired) electrons. The number of hydrogen-bond donors (Lipinski definition) is 3. The van der Waals surface area contributed by atoms with E-state index in [2.05, 4.69) is 25.6 Å². The van der Waals surface area contributed by atoms with E-state index in [0.717, 1.165) is 41.0 Å². The summed E-state index contributed by atoms with van der Waals surface area (Å²) in [6, 6.07) is 5.50. The number of nitrogens with zero attached hydrogens (tertiary/aromatic N) is 2. The number of nitrogens with one attached hydrogen (secondary N) is 3. The normalized spacial score (nSPS) is 15.3. The molecule has 1 amide bonds. The van der Waals surface area contributed by atoms with Crippen molar-refractivity contribution in [2.75, 3.05) is 26.0 Å². The van der Waals surface area contributed by atoms with Gasteiger partial charge in [-0.3, -0.25) is 4.79 Å². The minimum atomic E-state index is 0.266. The molecule has 2 fully saturated rings. The predicted octanol–water partition coefficient (Wildman–Crippen LogP) is 3.36. The number of carbonyl (C=O) groups excluding carboxylic acids is 1. The highest BCUT2D eigenvalue weighted by atomic mass is 16.5. The fourth-order valence-electron chi connectivity index (χ4n) is 3.26. The summed E-state index contributed by atoms with van der Waals surface area (Å²) >= 11 is 0. The van der Waals surface area contributed by atoms with Gasteiger partial charge in [0.2, 0.25) is 12.3 Å². The Morgan fingerprint density at radius 2 is 2.07 bits per heavy atom. The maximum absolute atomic E-state index is 10.6. The Balaban J connectivity index is 0.000000313. The molecule has 3 N–H and O–H groups in total. The number of pyridine rings is 2. The quantitative estimate of drug-likeness (QED) is 0.493. The van der Waals surface area contributed by atoms with E-state index in [1.165, 1.54) is 19.4 Å². The van der Waals surface area contributed by atoms with E-state index < -0.39 is 0 Å². The second-order valence-corrected chi connectivity index (χ2v) is 7.57. The zero-order valence-corrected chi connectivity index (χ0v) is 17.3. The fourth-order valence-corrected chi connectivity index (χ4v) is 3.26. The van der Waals surface area contributed by atoms with E-state index in [4.69, 9.17) is 9.47 Å². The summed E-state index contributed by atoms with van der Waals surface area (Å²) in [5, 5.41) is 6.57. The van der Waals surface area contributed by atoms with Crippen LogP contribution in [-0.2, 0) is 4.79 Å². The van der Waals surface area contributed by atoms with E-state index in [0.29, 0.717) is 23.8 Å². The monoisotopic (exact) mass is 409 g/mol. The number of carbonyl (C=O) groups is 1. The van der Waals surface area contributed by atoms with Crippen LogP contribution in [0, 0.1) is 5.92 Å². The van der Waals surface area contributed by atoms with Gasteiger partial charge in [0.15, 0.2) is 0 Å². The molecule has 0 unspecified atom stereocenters. The van der Waals surface area contributed by atoms with Gasteiger partial charge in [-0.05, 0) is 63.4 Å². The Morgan fingerprint density at radius 1 is 1.23 bits per heavy atom. The third-order valence-corrected chi connectivity index (χ3v) is 5.09. The second kappa shape index (κ2) is 9.13. The van der Waals surface area contributed by atoms with Crippen LogP contribution in [0.4, 0.5) is 5.82 Å². The molecular weight excluding hydrogens is 382 g/mol. The van der Waals surface area contributed by atoms with Crippen molar-refractivity contribution in [3.05, 3.63) is 30.6 Å². The average Bonchev–Trinajstić information content (AvgIpc) is 3.69. The second-order valence-electron chi connectivity index (χ2n) is 7.57. The number of rotatable bonds is 8. The van der Waals surface area contributed by atoms with E-state index in [9.17, 15) is 4.79 Å². The summed E-state index contributed by atoms with van der Waals surface area (Å²) in [6.07, 6.45) is 9.45. The molecule has 3 heterocycles. The van der Waals surface area contributed by atoms with Crippen LogP contribution in [0.1, 0.15) is 25.7 Å². The van der Waals surface area contributed by atoms with Gasteiger partial charge < -0.3 is 25.1 Å². The van der Waals surface area contributed by atoms with Crippen molar-refractivity contribution in [3.8, 4) is 22.8 Å². The Hall–Kier alpha value is -3.13. The Morgan fingerprint density at radius 3 is 2.70 bits per heavy atom. The molecule has 0 aromatic carbocycles. The van der Waals surface area contributed by atoms with Crippen LogP contribution in [0.5, 0.6) is 11.6 Å². The Bertz CT molecular complexity index is 1010. The van der Waals surface area contributed by atoms with Crippen LogP contribution < -0.4 is 20.1 Å². The van der Waals surface area contributed by atoms with E-state index in [1.807, 2.05) is 25.4 Å². The summed E-state index contributed by atoms with van der Waals surface area (Å²) in [5.41, 5.74) is 2.37. The van der Waals surface area contributed by atoms with Crippen LogP contribution in [0.2, 0.25) is 0 Å². The first kappa shape index (κ1) is 20.2. The molecule has 0 bridgehead atoms. The SMILES string of the molecule is CNCC1CC1.COc1nccc(OC2CC2)c1-c1c[nH]c2nc(NC=O)ccc12. The summed E-state index contributed by atoms with van der Waals surface area (Å²) < 4.78 is 11.5. The van der Waals surface area contributed by atoms with Crippen molar-refractivity contribution < 1.29 is 14.3 Å². The molecule has 0 atom stereocenters. The Labute approximate surface area is 175 Å². The zero-order chi connectivity index (χ0) is 20.9. The summed E-state index contributed by atoms with van der Waals surface area (Å²) in [5.74, 6) is 2.78. The molecule has 8 heteroatoms. The van der Waals surface area contributed by atoms with Gasteiger partial charge in [0, 0.05) is 23.3 Å². The molecule has 30 heavy (non-hydrogen) atoms. The van der Waals surface area contributed by atoms with Crippen LogP contribution in [0.25, 0.3) is 22.2 Å². The van der Waals surface area contributed by atoms with Crippen LogP contribution in [-0.4, -0.2) is 48.2 Å². The highest BCUT2D eigenvalue weighted by Crippen LogP contribution is 2.42. The molecule has 0 spiro atoms. The average molecular weight is 409 g/mol. The van der Waals surface area contributed by atoms with Gasteiger partial charge in [-0.2, -0.15) is 0 Å². The lowest BCUT2D eigenvalue weighted by atomic mass is 10.1. The van der Waals surface area contributed by atoms with Crippen molar-refractivity contribution >= 4 is 23.3 Å². The molecule has 5 rings (SSSR count). The lowest BCUT2D eigenvalue weighted by Crippen LogP contribution is -2.08. The summed E-state index contributed by atoms with van der Waals surface area (Å²) in [4.78, 5) is 22.4. The van der Waals surface area contributed by atoms with E-state index >= 15 is 0 Å². The Kier molecular flexibility index (Phi) is 6.13. The minimum Gasteiger partial charge on any atom is -0.490 e. The van der Waals surface area contributed by atoms with Gasteiger partial charge in [0.05, 0.1) is 18.8 Å². The van der Waals surface area contributed by atoms with Crippen molar-refractivity contribution in [1.29, 1.82) is 0 Å². The molecule has 0 aliphatic heterocycles. The van der Waals surface area contributed by atoms with Gasteiger partial charge in [-0.1, -0.05) is 0 Å². The third-order valence-electron chi connectivity index (χ3n) is 5.09. The number of anilines is 1. The number of H-pyrrole nitrogens is 1. The van der Waals surface area contributed by atoms with Gasteiger partial charge in [-0.25, -0.2) is 9.97 Å². The van der Waals surface area contributed by atoms with Gasteiger partial charge in [0.1, 0.15) is 17.2 Å². The number of fused-ring (bicyclic) bond motifs is 1. The lowest BCUT2D eigenvalue weighted by molar-refractivity contribution is -0.105. The molecule has 3 aromatic rings. The molecule has 3 aromatic heterocycles. The largest absolute Gasteiger partial charge is 0.490 e. The zero-order valence-electron chi connectivity index (χ0n) is 17.3. The fraction of sp³-hybridized carbons (Fsp3) is 0.409. The highest BCUT2D eigenvalue weighted by Gasteiger charge is 2.27. The molecule has 0 saturated heterocycles. The number of methoxy groups -OCH3 is 1. The maximum atomic E-state index is 10.6. The van der Waals surface area contributed by atoms with Gasteiger partial charge >= 0.3 is 0 Å². The van der Waals surface area contributed by atoms with Gasteiger partial charge in [-0.15, -0.1) is 0 Å². The van der Waals surface area contributed by atoms with Crippen LogP contribution in [0.3, 0.4) is 0 Å². The standard InChI is InChI=1S/C17H16N4O3.C5H11N/c1-23-17-15(13(6-7-18-17)24-10-2-3-10)12-8-19-16-11(12)4-5-14(21-16)20-9-22;1-6-4-5-2-3-5/h4-10H,2-3H2,1H3,(H2,19,20,21,22);5-6H,2-4H2,1H3. The number of hydrogen-bond acceptors (Lipinski definition) is 6. The van der Waals surface area contributed by atoms with Crippen molar-refractivity contribution in [2.24, 2.45) is 5.92 Å². The summed E-state index contributed by atoms with van der Waals surface area (Å²) in [6.45, 7) is 1.24. The highest BCUT2D eigenvalue weighted by molar-refractivity contribution is 5.97. The van der Waals surface area contributed by atoms with Gasteiger partial charge in [0.25, 0.3) is 0 Å². The van der Waals surface area contributed by atoms with Crippen molar-refractivity contribution in [2.45, 2.75) is 31.8 Å². The minimum absolute atomic E-state index is 0.266. The molecule has 158 valence electrons. The number of ether oxygens (including phenoxy) is 2. The number of aromatic amines is 1. The molecule has 2 aliphatic carbocycles. The van der Waals surface area contributed by atoms with Crippen molar-refractivity contribution in [3.63, 3.8) is 0 Å². The first-order valence-corrected chi connectivity index (χ1v) is 10.3. The maximum Gasteiger partial charge on any atom is 0.224 e. The molecule has 2 saturated carbocycles. The number of aromatic nitrogens is 3. The topological polar surface area (TPSA) is 101 Å².